The molecule has 2 aliphatic carbocycles. The number of hydrogen-bond donors (Lipinski definition) is 2. The Kier molecular flexibility index (Phi) is 4.83. The Morgan fingerprint density at radius 3 is 2.64 bits per heavy atom. The molecule has 0 aliphatic heterocycles. The van der Waals surface area contributed by atoms with Crippen LogP contribution in [0.1, 0.15) is 32.6 Å². The van der Waals surface area contributed by atoms with Gasteiger partial charge in [-0.05, 0) is 56.2 Å². The van der Waals surface area contributed by atoms with Crippen molar-refractivity contribution in [3.8, 4) is 0 Å². The molecular formula is C17H22N2O5S. The third kappa shape index (κ3) is 4.01. The minimum absolute atomic E-state index is 0.0975. The zero-order chi connectivity index (χ0) is 18.2. The Bertz CT molecular complexity index is 792. The van der Waals surface area contributed by atoms with E-state index < -0.39 is 22.0 Å². The first-order valence-corrected chi connectivity index (χ1v) is 9.93. The van der Waals surface area contributed by atoms with Gasteiger partial charge in [0.05, 0.1) is 10.8 Å². The predicted octanol–water partition coefficient (Wildman–Crippen LogP) is 1.64. The summed E-state index contributed by atoms with van der Waals surface area (Å²) in [5.74, 6) is 0.0859. The van der Waals surface area contributed by atoms with Crippen molar-refractivity contribution in [2.75, 3.05) is 5.32 Å². The molecule has 2 saturated carbocycles. The van der Waals surface area contributed by atoms with Crippen molar-refractivity contribution >= 4 is 27.6 Å². The Morgan fingerprint density at radius 2 is 2.04 bits per heavy atom. The number of nitrogens with two attached hydrogens (primary N) is 1. The van der Waals surface area contributed by atoms with E-state index in [1.807, 2.05) is 0 Å². The van der Waals surface area contributed by atoms with Gasteiger partial charge in [-0.3, -0.25) is 9.59 Å². The summed E-state index contributed by atoms with van der Waals surface area (Å²) in [5, 5.41) is 7.62. The average Bonchev–Trinajstić information content (AvgIpc) is 3.17. The number of amides is 1. The molecule has 2 aliphatic rings. The van der Waals surface area contributed by atoms with Crippen LogP contribution in [0.5, 0.6) is 0 Å². The van der Waals surface area contributed by atoms with E-state index in [0.717, 1.165) is 19.3 Å². The van der Waals surface area contributed by atoms with Crippen molar-refractivity contribution in [2.45, 2.75) is 43.6 Å². The van der Waals surface area contributed by atoms with Crippen LogP contribution in [0.2, 0.25) is 0 Å². The molecule has 0 aromatic heterocycles. The zero-order valence-electron chi connectivity index (χ0n) is 14.0. The first kappa shape index (κ1) is 17.9. The summed E-state index contributed by atoms with van der Waals surface area (Å²) in [4.78, 5) is 24.4. The third-order valence-electron chi connectivity index (χ3n) is 5.13. The van der Waals surface area contributed by atoms with Gasteiger partial charge in [0.1, 0.15) is 0 Å². The van der Waals surface area contributed by atoms with E-state index in [1.54, 1.807) is 0 Å². The largest absolute Gasteiger partial charge is 0.452 e. The Morgan fingerprint density at radius 1 is 1.28 bits per heavy atom. The number of anilines is 1. The van der Waals surface area contributed by atoms with Gasteiger partial charge in [0.2, 0.25) is 10.0 Å². The molecule has 3 N–H and O–H groups in total. The highest BCUT2D eigenvalue weighted by Gasteiger charge is 2.44. The lowest BCUT2D eigenvalue weighted by Gasteiger charge is -2.22. The van der Waals surface area contributed by atoms with E-state index in [1.165, 1.54) is 37.6 Å². The highest BCUT2D eigenvalue weighted by atomic mass is 32.2. The average molecular weight is 366 g/mol. The van der Waals surface area contributed by atoms with Gasteiger partial charge in [-0.25, -0.2) is 13.6 Å². The summed E-state index contributed by atoms with van der Waals surface area (Å²) < 4.78 is 28.0. The van der Waals surface area contributed by atoms with Gasteiger partial charge in [-0.15, -0.1) is 0 Å². The molecule has 3 rings (SSSR count). The van der Waals surface area contributed by atoms with Crippen LogP contribution in [0.25, 0.3) is 0 Å². The standard InChI is InChI=1S/C17H22N2O5S/c1-10(24-17(21)15-8-11-5-6-12(15)7-11)16(20)19-13-3-2-4-14(9-13)25(18,22)23/h2-4,9-12,15H,5-8H2,1H3,(H,19,20)(H2,18,22,23)/t10-,11-,12-,15-/m0/s1. The quantitative estimate of drug-likeness (QED) is 0.769. The predicted molar refractivity (Wildman–Crippen MR) is 90.9 cm³/mol. The summed E-state index contributed by atoms with van der Waals surface area (Å²) in [5.41, 5.74) is 0.277. The molecule has 1 aromatic carbocycles. The number of esters is 1. The van der Waals surface area contributed by atoms with E-state index in [9.17, 15) is 18.0 Å². The lowest BCUT2D eigenvalue weighted by molar-refractivity contribution is -0.158. The van der Waals surface area contributed by atoms with E-state index in [-0.39, 0.29) is 22.5 Å². The van der Waals surface area contributed by atoms with Crippen molar-refractivity contribution in [3.05, 3.63) is 24.3 Å². The maximum absolute atomic E-state index is 12.3. The normalized spacial score (nSPS) is 26.2. The van der Waals surface area contributed by atoms with Gasteiger partial charge in [-0.2, -0.15) is 0 Å². The van der Waals surface area contributed by atoms with Gasteiger partial charge >= 0.3 is 5.97 Å². The van der Waals surface area contributed by atoms with Crippen LogP contribution >= 0.6 is 0 Å². The molecule has 25 heavy (non-hydrogen) atoms. The fourth-order valence-electron chi connectivity index (χ4n) is 3.84. The SMILES string of the molecule is C[C@H](OC(=O)[C@H]1C[C@H]2CC[C@H]1C2)C(=O)Nc1cccc(S(N)(=O)=O)c1. The monoisotopic (exact) mass is 366 g/mol. The van der Waals surface area contributed by atoms with Gasteiger partial charge in [0.25, 0.3) is 5.91 Å². The summed E-state index contributed by atoms with van der Waals surface area (Å²) in [6.07, 6.45) is 3.23. The lowest BCUT2D eigenvalue weighted by Crippen LogP contribution is -2.33. The fraction of sp³-hybridized carbons (Fsp3) is 0.529. The molecule has 2 fully saturated rings. The highest BCUT2D eigenvalue weighted by molar-refractivity contribution is 7.89. The van der Waals surface area contributed by atoms with Crippen LogP contribution in [0.4, 0.5) is 5.69 Å². The van der Waals surface area contributed by atoms with E-state index in [0.29, 0.717) is 11.8 Å². The van der Waals surface area contributed by atoms with Crippen LogP contribution < -0.4 is 10.5 Å². The number of primary sulfonamides is 1. The number of nitrogens with one attached hydrogen (secondary N) is 1. The minimum atomic E-state index is -3.85. The number of fused-ring (bicyclic) bond motifs is 2. The molecule has 0 radical (unpaired) electrons. The maximum atomic E-state index is 12.3. The first-order valence-electron chi connectivity index (χ1n) is 8.38. The first-order chi connectivity index (χ1) is 11.7. The second kappa shape index (κ2) is 6.76. The van der Waals surface area contributed by atoms with E-state index >= 15 is 0 Å². The van der Waals surface area contributed by atoms with Crippen LogP contribution in [0, 0.1) is 17.8 Å². The molecule has 0 spiro atoms. The number of ether oxygens (including phenoxy) is 1. The number of carbonyl (C=O) groups excluding carboxylic acids is 2. The summed E-state index contributed by atoms with van der Waals surface area (Å²) in [6, 6.07) is 5.61. The smallest absolute Gasteiger partial charge is 0.309 e. The number of rotatable bonds is 5. The highest BCUT2D eigenvalue weighted by Crippen LogP contribution is 2.48. The van der Waals surface area contributed by atoms with E-state index in [2.05, 4.69) is 5.32 Å². The van der Waals surface area contributed by atoms with Gasteiger partial charge < -0.3 is 10.1 Å². The summed E-state index contributed by atoms with van der Waals surface area (Å²) in [7, 11) is -3.85. The molecule has 7 nitrogen and oxygen atoms in total. The molecule has 136 valence electrons. The second-order valence-electron chi connectivity index (χ2n) is 6.92. The van der Waals surface area contributed by atoms with Gasteiger partial charge in [0, 0.05) is 5.69 Å². The van der Waals surface area contributed by atoms with Crippen LogP contribution in [-0.2, 0) is 24.3 Å². The van der Waals surface area contributed by atoms with Crippen molar-refractivity contribution in [2.24, 2.45) is 22.9 Å². The molecule has 1 amide bonds. The number of benzene rings is 1. The second-order valence-corrected chi connectivity index (χ2v) is 8.48. The fourth-order valence-corrected chi connectivity index (χ4v) is 4.40. The molecule has 2 bridgehead atoms. The molecule has 4 atom stereocenters. The Labute approximate surface area is 147 Å². The number of sulfonamides is 1. The minimum Gasteiger partial charge on any atom is -0.452 e. The summed E-state index contributed by atoms with van der Waals surface area (Å²) >= 11 is 0. The van der Waals surface area contributed by atoms with Crippen LogP contribution in [0.15, 0.2) is 29.2 Å². The topological polar surface area (TPSA) is 116 Å². The molecular weight excluding hydrogens is 344 g/mol. The van der Waals surface area contributed by atoms with Gasteiger partial charge in [0.15, 0.2) is 6.10 Å². The third-order valence-corrected chi connectivity index (χ3v) is 6.04. The summed E-state index contributed by atoms with van der Waals surface area (Å²) in [6.45, 7) is 1.50. The number of hydrogen-bond acceptors (Lipinski definition) is 5. The molecule has 0 saturated heterocycles. The lowest BCUT2D eigenvalue weighted by atomic mass is 9.89. The van der Waals surface area contributed by atoms with Crippen LogP contribution in [-0.4, -0.2) is 26.4 Å². The molecule has 8 heteroatoms. The van der Waals surface area contributed by atoms with Crippen molar-refractivity contribution < 1.29 is 22.7 Å². The van der Waals surface area contributed by atoms with E-state index in [4.69, 9.17) is 9.88 Å². The molecule has 0 unspecified atom stereocenters. The van der Waals surface area contributed by atoms with Crippen molar-refractivity contribution in [3.63, 3.8) is 0 Å². The zero-order valence-corrected chi connectivity index (χ0v) is 14.8. The molecule has 0 heterocycles. The maximum Gasteiger partial charge on any atom is 0.309 e. The van der Waals surface area contributed by atoms with Crippen molar-refractivity contribution in [1.29, 1.82) is 0 Å². The van der Waals surface area contributed by atoms with Crippen LogP contribution in [0.3, 0.4) is 0 Å². The van der Waals surface area contributed by atoms with Crippen molar-refractivity contribution in [1.82, 2.24) is 0 Å². The number of carbonyl (C=O) groups is 2. The Hall–Kier alpha value is -1.93. The Balaban J connectivity index is 1.58. The molecule has 1 aromatic rings. The van der Waals surface area contributed by atoms with Gasteiger partial charge in [-0.1, -0.05) is 12.5 Å².